The molecule has 0 spiro atoms. The molecule has 1 aliphatic rings. The number of carboxylic acids is 1. The Kier molecular flexibility index (Phi) is 4.97. The summed E-state index contributed by atoms with van der Waals surface area (Å²) in [7, 11) is 0. The van der Waals surface area contributed by atoms with Crippen LogP contribution < -0.4 is 0 Å². The molecule has 0 bridgehead atoms. The smallest absolute Gasteiger partial charge is 0.306 e. The second-order valence-electron chi connectivity index (χ2n) is 5.10. The van der Waals surface area contributed by atoms with E-state index in [-0.39, 0.29) is 5.92 Å². The molecular formula is C15H18ClNO2. The van der Waals surface area contributed by atoms with Gasteiger partial charge in [-0.05, 0) is 49.3 Å². The van der Waals surface area contributed by atoms with Crippen LogP contribution in [0.3, 0.4) is 0 Å². The molecule has 1 aromatic carbocycles. The summed E-state index contributed by atoms with van der Waals surface area (Å²) in [6.45, 7) is 0.787. The molecule has 1 N–H and O–H groups in total. The van der Waals surface area contributed by atoms with E-state index in [0.29, 0.717) is 5.92 Å². The molecule has 102 valence electrons. The minimum absolute atomic E-state index is 0.142. The Hall–Kier alpha value is -1.35. The fourth-order valence-corrected chi connectivity index (χ4v) is 2.57. The van der Waals surface area contributed by atoms with E-state index in [1.165, 1.54) is 0 Å². The number of hydrogen-bond donors (Lipinski definition) is 1. The highest BCUT2D eigenvalue weighted by atomic mass is 35.5. The number of rotatable bonds is 4. The summed E-state index contributed by atoms with van der Waals surface area (Å²) in [5, 5.41) is 9.66. The van der Waals surface area contributed by atoms with Gasteiger partial charge in [0, 0.05) is 17.8 Å². The predicted octanol–water partition coefficient (Wildman–Crippen LogP) is 3.65. The van der Waals surface area contributed by atoms with Crippen LogP contribution in [0.4, 0.5) is 0 Å². The van der Waals surface area contributed by atoms with Crippen molar-refractivity contribution in [3.05, 3.63) is 34.9 Å². The maximum atomic E-state index is 10.8. The van der Waals surface area contributed by atoms with E-state index in [2.05, 4.69) is 4.99 Å². The minimum atomic E-state index is -0.650. The highest BCUT2D eigenvalue weighted by Crippen LogP contribution is 2.29. The first-order valence-corrected chi connectivity index (χ1v) is 7.01. The number of benzene rings is 1. The lowest BCUT2D eigenvalue weighted by Crippen LogP contribution is -2.22. The highest BCUT2D eigenvalue weighted by Gasteiger charge is 2.25. The van der Waals surface area contributed by atoms with Crippen LogP contribution in [0.25, 0.3) is 0 Å². The summed E-state index contributed by atoms with van der Waals surface area (Å²) in [6.07, 6.45) is 5.37. The normalized spacial score (nSPS) is 23.6. The van der Waals surface area contributed by atoms with Gasteiger partial charge in [0.15, 0.2) is 0 Å². The molecule has 19 heavy (non-hydrogen) atoms. The number of carboxylic acid groups (broad SMARTS) is 1. The molecule has 0 atom stereocenters. The summed E-state index contributed by atoms with van der Waals surface area (Å²) < 4.78 is 0. The maximum Gasteiger partial charge on any atom is 0.306 e. The number of halogens is 1. The molecule has 0 amide bonds. The molecule has 0 saturated heterocycles. The molecule has 1 aromatic rings. The monoisotopic (exact) mass is 279 g/mol. The van der Waals surface area contributed by atoms with Crippen LogP contribution in [0.5, 0.6) is 0 Å². The number of hydrogen-bond acceptors (Lipinski definition) is 2. The van der Waals surface area contributed by atoms with Crippen molar-refractivity contribution in [3.63, 3.8) is 0 Å². The molecule has 1 saturated carbocycles. The fraction of sp³-hybridized carbons (Fsp3) is 0.467. The molecule has 3 nitrogen and oxygen atoms in total. The van der Waals surface area contributed by atoms with Crippen molar-refractivity contribution in [1.82, 2.24) is 0 Å². The van der Waals surface area contributed by atoms with Crippen molar-refractivity contribution in [2.75, 3.05) is 6.54 Å². The van der Waals surface area contributed by atoms with Crippen molar-refractivity contribution >= 4 is 23.8 Å². The van der Waals surface area contributed by atoms with Gasteiger partial charge in [0.1, 0.15) is 0 Å². The van der Waals surface area contributed by atoms with E-state index in [4.69, 9.17) is 16.7 Å². The van der Waals surface area contributed by atoms with Crippen LogP contribution in [0.2, 0.25) is 5.02 Å². The first kappa shape index (κ1) is 14.1. The van der Waals surface area contributed by atoms with Gasteiger partial charge >= 0.3 is 5.97 Å². The van der Waals surface area contributed by atoms with E-state index >= 15 is 0 Å². The Bertz CT molecular complexity index is 448. The average molecular weight is 280 g/mol. The van der Waals surface area contributed by atoms with Crippen molar-refractivity contribution in [2.24, 2.45) is 16.8 Å². The van der Waals surface area contributed by atoms with Crippen molar-refractivity contribution in [3.8, 4) is 0 Å². The zero-order valence-corrected chi connectivity index (χ0v) is 11.5. The Morgan fingerprint density at radius 2 is 1.89 bits per heavy atom. The van der Waals surface area contributed by atoms with Crippen LogP contribution >= 0.6 is 11.6 Å². The Labute approximate surface area is 118 Å². The Morgan fingerprint density at radius 1 is 1.26 bits per heavy atom. The molecule has 1 fully saturated rings. The van der Waals surface area contributed by atoms with Gasteiger partial charge in [-0.1, -0.05) is 23.7 Å². The van der Waals surface area contributed by atoms with E-state index < -0.39 is 5.97 Å². The number of nitrogens with zero attached hydrogens (tertiary/aromatic N) is 1. The van der Waals surface area contributed by atoms with E-state index in [1.807, 2.05) is 30.5 Å². The molecule has 4 heteroatoms. The Balaban J connectivity index is 1.77. The van der Waals surface area contributed by atoms with Crippen molar-refractivity contribution in [1.29, 1.82) is 0 Å². The van der Waals surface area contributed by atoms with Gasteiger partial charge in [-0.3, -0.25) is 9.79 Å². The second-order valence-corrected chi connectivity index (χ2v) is 5.54. The summed E-state index contributed by atoms with van der Waals surface area (Å²) in [5.41, 5.74) is 1.05. The summed E-state index contributed by atoms with van der Waals surface area (Å²) >= 11 is 5.81. The summed E-state index contributed by atoms with van der Waals surface area (Å²) in [6, 6.07) is 7.57. The molecule has 0 aliphatic heterocycles. The highest BCUT2D eigenvalue weighted by molar-refractivity contribution is 6.30. The van der Waals surface area contributed by atoms with Gasteiger partial charge in [0.2, 0.25) is 0 Å². The summed E-state index contributed by atoms with van der Waals surface area (Å²) in [5.74, 6) is -0.265. The quantitative estimate of drug-likeness (QED) is 0.855. The van der Waals surface area contributed by atoms with Gasteiger partial charge in [-0.15, -0.1) is 0 Å². The first-order chi connectivity index (χ1) is 9.15. The third-order valence-corrected chi connectivity index (χ3v) is 3.92. The first-order valence-electron chi connectivity index (χ1n) is 6.63. The minimum Gasteiger partial charge on any atom is -0.481 e. The molecule has 0 unspecified atom stereocenters. The van der Waals surface area contributed by atoms with Crippen LogP contribution in [0.15, 0.2) is 29.3 Å². The Morgan fingerprint density at radius 3 is 2.47 bits per heavy atom. The predicted molar refractivity (Wildman–Crippen MR) is 77.0 cm³/mol. The van der Waals surface area contributed by atoms with Gasteiger partial charge < -0.3 is 5.11 Å². The van der Waals surface area contributed by atoms with Crippen LogP contribution in [-0.2, 0) is 4.79 Å². The largest absolute Gasteiger partial charge is 0.481 e. The summed E-state index contributed by atoms with van der Waals surface area (Å²) in [4.78, 5) is 15.3. The van der Waals surface area contributed by atoms with Crippen LogP contribution in [0.1, 0.15) is 31.2 Å². The van der Waals surface area contributed by atoms with Crippen LogP contribution in [0, 0.1) is 11.8 Å². The van der Waals surface area contributed by atoms with Gasteiger partial charge in [-0.25, -0.2) is 0 Å². The lowest BCUT2D eigenvalue weighted by atomic mass is 9.82. The van der Waals surface area contributed by atoms with Gasteiger partial charge in [-0.2, -0.15) is 0 Å². The van der Waals surface area contributed by atoms with Gasteiger partial charge in [0.05, 0.1) is 5.92 Å². The maximum absolute atomic E-state index is 10.8. The van der Waals surface area contributed by atoms with E-state index in [0.717, 1.165) is 42.8 Å². The number of aliphatic carboxylic acids is 1. The molecule has 0 aromatic heterocycles. The van der Waals surface area contributed by atoms with E-state index in [1.54, 1.807) is 0 Å². The number of carbonyl (C=O) groups is 1. The third-order valence-electron chi connectivity index (χ3n) is 3.67. The lowest BCUT2D eigenvalue weighted by molar-refractivity contribution is -0.143. The van der Waals surface area contributed by atoms with Crippen molar-refractivity contribution < 1.29 is 9.90 Å². The zero-order valence-electron chi connectivity index (χ0n) is 10.8. The third kappa shape index (κ3) is 4.35. The molecule has 0 heterocycles. The van der Waals surface area contributed by atoms with Gasteiger partial charge in [0.25, 0.3) is 0 Å². The molecule has 1 aliphatic carbocycles. The SMILES string of the molecule is O=C(O)C1CCC(CN=Cc2ccc(Cl)cc2)CC1. The van der Waals surface area contributed by atoms with Crippen LogP contribution in [-0.4, -0.2) is 23.8 Å². The molecular weight excluding hydrogens is 262 g/mol. The second kappa shape index (κ2) is 6.71. The molecule has 0 radical (unpaired) electrons. The molecule has 2 rings (SSSR count). The average Bonchev–Trinajstić information content (AvgIpc) is 2.41. The van der Waals surface area contributed by atoms with Crippen molar-refractivity contribution in [2.45, 2.75) is 25.7 Å². The van der Waals surface area contributed by atoms with E-state index in [9.17, 15) is 4.79 Å². The topological polar surface area (TPSA) is 49.7 Å². The number of aliphatic imine (C=N–C) groups is 1. The lowest BCUT2D eigenvalue weighted by Gasteiger charge is -2.24. The fourth-order valence-electron chi connectivity index (χ4n) is 2.45. The standard InChI is InChI=1S/C15H18ClNO2/c16-14-7-3-12(4-8-14)10-17-9-11-1-5-13(6-2-11)15(18)19/h3-4,7-8,10-11,13H,1-2,5-6,9H2,(H,18,19). The zero-order chi connectivity index (χ0) is 13.7.